The summed E-state index contributed by atoms with van der Waals surface area (Å²) in [6.07, 6.45) is 0.962. The van der Waals surface area contributed by atoms with E-state index in [-0.39, 0.29) is 18.0 Å². The molecule has 2 atom stereocenters. The molecule has 1 rings (SSSR count). The zero-order valence-corrected chi connectivity index (χ0v) is 10.5. The summed E-state index contributed by atoms with van der Waals surface area (Å²) in [5.41, 5.74) is 5.77. The van der Waals surface area contributed by atoms with Crippen LogP contribution in [0.25, 0.3) is 0 Å². The molecular formula is C13H19F2NO. The first-order valence-corrected chi connectivity index (χ1v) is 5.67. The van der Waals surface area contributed by atoms with Crippen LogP contribution < -0.4 is 5.73 Å². The fourth-order valence-electron chi connectivity index (χ4n) is 1.71. The predicted molar refractivity (Wildman–Crippen MR) is 63.7 cm³/mol. The van der Waals surface area contributed by atoms with E-state index >= 15 is 0 Å². The minimum absolute atomic E-state index is 0.252. The molecule has 0 bridgehead atoms. The average Bonchev–Trinajstić information content (AvgIpc) is 2.32. The quantitative estimate of drug-likeness (QED) is 0.862. The monoisotopic (exact) mass is 243 g/mol. The van der Waals surface area contributed by atoms with Crippen molar-refractivity contribution >= 4 is 0 Å². The van der Waals surface area contributed by atoms with Gasteiger partial charge in [0, 0.05) is 13.2 Å². The van der Waals surface area contributed by atoms with Crippen molar-refractivity contribution in [1.29, 1.82) is 0 Å². The largest absolute Gasteiger partial charge is 0.377 e. The molecule has 0 fully saturated rings. The van der Waals surface area contributed by atoms with Gasteiger partial charge >= 0.3 is 0 Å². The molecule has 2 nitrogen and oxygen atoms in total. The second-order valence-electron chi connectivity index (χ2n) is 4.42. The molecule has 1 aromatic rings. The van der Waals surface area contributed by atoms with Crippen LogP contribution >= 0.6 is 0 Å². The van der Waals surface area contributed by atoms with Gasteiger partial charge in [-0.2, -0.15) is 0 Å². The van der Waals surface area contributed by atoms with Crippen molar-refractivity contribution in [2.75, 3.05) is 7.11 Å². The lowest BCUT2D eigenvalue weighted by molar-refractivity contribution is -0.0186. The third-order valence-corrected chi connectivity index (χ3v) is 3.40. The van der Waals surface area contributed by atoms with Gasteiger partial charge in [0.2, 0.25) is 0 Å². The van der Waals surface area contributed by atoms with E-state index in [1.807, 2.05) is 13.8 Å². The number of nitrogens with two attached hydrogens (primary N) is 1. The van der Waals surface area contributed by atoms with E-state index in [2.05, 4.69) is 0 Å². The molecule has 0 amide bonds. The van der Waals surface area contributed by atoms with Crippen molar-refractivity contribution in [3.63, 3.8) is 0 Å². The molecular weight excluding hydrogens is 224 g/mol. The van der Waals surface area contributed by atoms with Crippen LogP contribution in [-0.4, -0.2) is 18.8 Å². The Hall–Kier alpha value is -1.00. The molecule has 17 heavy (non-hydrogen) atoms. The molecule has 2 unspecified atom stereocenters. The number of ether oxygens (including phenoxy) is 1. The Morgan fingerprint density at radius 2 is 2.06 bits per heavy atom. The summed E-state index contributed by atoms with van der Waals surface area (Å²) in [6.45, 7) is 3.82. The van der Waals surface area contributed by atoms with Gasteiger partial charge in [0.25, 0.3) is 0 Å². The van der Waals surface area contributed by atoms with Crippen LogP contribution in [0.4, 0.5) is 8.78 Å². The molecule has 1 aromatic carbocycles. The van der Waals surface area contributed by atoms with Crippen LogP contribution in [-0.2, 0) is 11.2 Å². The van der Waals surface area contributed by atoms with E-state index in [0.717, 1.165) is 12.1 Å². The first-order chi connectivity index (χ1) is 7.92. The second-order valence-corrected chi connectivity index (χ2v) is 4.42. The molecule has 0 aliphatic carbocycles. The van der Waals surface area contributed by atoms with Gasteiger partial charge in [-0.05, 0) is 43.5 Å². The Labute approximate surface area is 101 Å². The number of methoxy groups -OCH3 is 1. The van der Waals surface area contributed by atoms with Crippen molar-refractivity contribution in [1.82, 2.24) is 0 Å². The van der Waals surface area contributed by atoms with Gasteiger partial charge in [-0.25, -0.2) is 8.78 Å². The molecule has 0 radical (unpaired) electrons. The first-order valence-electron chi connectivity index (χ1n) is 5.67. The van der Waals surface area contributed by atoms with E-state index in [0.29, 0.717) is 6.42 Å². The molecule has 0 aliphatic heterocycles. The number of hydrogen-bond donors (Lipinski definition) is 1. The number of benzene rings is 1. The van der Waals surface area contributed by atoms with Crippen LogP contribution in [0.2, 0.25) is 0 Å². The van der Waals surface area contributed by atoms with Gasteiger partial charge in [0.1, 0.15) is 11.6 Å². The standard InChI is InChI=1S/C13H19F2NO/c1-4-13(2,17-3)12(16)8-9-7-10(14)5-6-11(9)15/h5-7,12H,4,8,16H2,1-3H3. The molecule has 0 heterocycles. The number of rotatable bonds is 5. The molecule has 0 aromatic heterocycles. The number of halogens is 2. The Kier molecular flexibility index (Phi) is 4.60. The maximum atomic E-state index is 13.5. The van der Waals surface area contributed by atoms with Crippen LogP contribution in [0.15, 0.2) is 18.2 Å². The van der Waals surface area contributed by atoms with Gasteiger partial charge in [-0.3, -0.25) is 0 Å². The highest BCUT2D eigenvalue weighted by atomic mass is 19.1. The second kappa shape index (κ2) is 5.56. The molecule has 0 saturated carbocycles. The van der Waals surface area contributed by atoms with Crippen LogP contribution in [0.1, 0.15) is 25.8 Å². The molecule has 2 N–H and O–H groups in total. The van der Waals surface area contributed by atoms with Crippen molar-refractivity contribution in [3.8, 4) is 0 Å². The zero-order chi connectivity index (χ0) is 13.1. The van der Waals surface area contributed by atoms with Gasteiger partial charge in [-0.1, -0.05) is 6.92 Å². The van der Waals surface area contributed by atoms with Gasteiger partial charge in [-0.15, -0.1) is 0 Å². The summed E-state index contributed by atoms with van der Waals surface area (Å²) in [6, 6.07) is 3.02. The average molecular weight is 243 g/mol. The van der Waals surface area contributed by atoms with Gasteiger partial charge in [0.15, 0.2) is 0 Å². The lowest BCUT2D eigenvalue weighted by Gasteiger charge is -2.33. The maximum absolute atomic E-state index is 13.5. The predicted octanol–water partition coefficient (Wildman–Crippen LogP) is 2.65. The number of hydrogen-bond acceptors (Lipinski definition) is 2. The van der Waals surface area contributed by atoms with Crippen LogP contribution in [0.5, 0.6) is 0 Å². The zero-order valence-electron chi connectivity index (χ0n) is 10.5. The topological polar surface area (TPSA) is 35.2 Å². The summed E-state index contributed by atoms with van der Waals surface area (Å²) in [7, 11) is 1.57. The SMILES string of the molecule is CCC(C)(OC)C(N)Cc1cc(F)ccc1F. The van der Waals surface area contributed by atoms with Gasteiger partial charge in [0.05, 0.1) is 5.60 Å². The van der Waals surface area contributed by atoms with Crippen LogP contribution in [0, 0.1) is 11.6 Å². The molecule has 4 heteroatoms. The Bertz CT molecular complexity index is 378. The highest BCUT2D eigenvalue weighted by Crippen LogP contribution is 2.22. The highest BCUT2D eigenvalue weighted by molar-refractivity contribution is 5.20. The van der Waals surface area contributed by atoms with Crippen LogP contribution in [0.3, 0.4) is 0 Å². The Morgan fingerprint density at radius 3 is 2.59 bits per heavy atom. The third-order valence-electron chi connectivity index (χ3n) is 3.40. The molecule has 96 valence electrons. The van der Waals surface area contributed by atoms with Crippen molar-refractivity contribution in [2.24, 2.45) is 5.73 Å². The van der Waals surface area contributed by atoms with Crippen molar-refractivity contribution in [2.45, 2.75) is 38.3 Å². The molecule has 0 aliphatic rings. The van der Waals surface area contributed by atoms with E-state index in [1.54, 1.807) is 7.11 Å². The van der Waals surface area contributed by atoms with E-state index in [9.17, 15) is 8.78 Å². The smallest absolute Gasteiger partial charge is 0.126 e. The summed E-state index contributed by atoms with van der Waals surface area (Å²) >= 11 is 0. The Morgan fingerprint density at radius 1 is 1.41 bits per heavy atom. The molecule has 0 spiro atoms. The lowest BCUT2D eigenvalue weighted by atomic mass is 9.89. The van der Waals surface area contributed by atoms with Crippen molar-refractivity contribution in [3.05, 3.63) is 35.4 Å². The summed E-state index contributed by atoms with van der Waals surface area (Å²) in [5.74, 6) is -0.888. The highest BCUT2D eigenvalue weighted by Gasteiger charge is 2.30. The maximum Gasteiger partial charge on any atom is 0.126 e. The van der Waals surface area contributed by atoms with E-state index in [4.69, 9.17) is 10.5 Å². The minimum Gasteiger partial charge on any atom is -0.377 e. The normalized spacial score (nSPS) is 16.6. The lowest BCUT2D eigenvalue weighted by Crippen LogP contribution is -2.48. The van der Waals surface area contributed by atoms with E-state index in [1.165, 1.54) is 6.07 Å². The van der Waals surface area contributed by atoms with Gasteiger partial charge < -0.3 is 10.5 Å². The summed E-state index contributed by atoms with van der Waals surface area (Å²) < 4.78 is 31.8. The Balaban J connectivity index is 2.87. The fourth-order valence-corrected chi connectivity index (χ4v) is 1.71. The fraction of sp³-hybridized carbons (Fsp3) is 0.538. The van der Waals surface area contributed by atoms with E-state index < -0.39 is 17.2 Å². The first kappa shape index (κ1) is 14.1. The summed E-state index contributed by atoms with van der Waals surface area (Å²) in [4.78, 5) is 0. The minimum atomic E-state index is -0.529. The van der Waals surface area contributed by atoms with Crippen molar-refractivity contribution < 1.29 is 13.5 Å². The molecule has 0 saturated heterocycles. The summed E-state index contributed by atoms with van der Waals surface area (Å²) in [5, 5.41) is 0. The third kappa shape index (κ3) is 3.23.